The Balaban J connectivity index is 1.03. The van der Waals surface area contributed by atoms with Crippen molar-refractivity contribution in [3.8, 4) is 51.0 Å². The summed E-state index contributed by atoms with van der Waals surface area (Å²) in [6, 6.07) is 62.6. The maximum absolute atomic E-state index is 6.75. The number of aromatic nitrogens is 4. The average molecular weight is 731 g/mol. The van der Waals surface area contributed by atoms with Crippen molar-refractivity contribution in [3.05, 3.63) is 182 Å². The molecule has 12 aromatic rings. The van der Waals surface area contributed by atoms with E-state index in [0.29, 0.717) is 23.1 Å². The highest BCUT2D eigenvalue weighted by Gasteiger charge is 2.22. The van der Waals surface area contributed by atoms with Crippen LogP contribution in [0.5, 0.6) is 0 Å². The van der Waals surface area contributed by atoms with Crippen LogP contribution in [-0.4, -0.2) is 19.5 Å². The van der Waals surface area contributed by atoms with Gasteiger partial charge in [0.2, 0.25) is 0 Å². The first-order chi connectivity index (χ1) is 28.2. The summed E-state index contributed by atoms with van der Waals surface area (Å²) in [5, 5.41) is 6.47. The maximum atomic E-state index is 6.75. The van der Waals surface area contributed by atoms with Crippen LogP contribution in [0.2, 0.25) is 0 Å². The SMILES string of the molecule is c1ccc(-c2ccc(-c3nc(-c4ccccc4)nc(-c4cccc5c4oc4ccc6oc7cc(-n8c9ccccc9c9ccccc98)ccc7c6c45)n3)cc2)cc1. The van der Waals surface area contributed by atoms with Gasteiger partial charge in [-0.05, 0) is 53.6 Å². The Labute approximate surface area is 325 Å². The predicted octanol–water partition coefficient (Wildman–Crippen LogP) is 13.4. The Hall–Kier alpha value is -7.83. The molecule has 0 saturated carbocycles. The van der Waals surface area contributed by atoms with Gasteiger partial charge in [-0.1, -0.05) is 133 Å². The summed E-state index contributed by atoms with van der Waals surface area (Å²) in [6.45, 7) is 0. The van der Waals surface area contributed by atoms with Crippen LogP contribution in [0.4, 0.5) is 0 Å². The number of hydrogen-bond donors (Lipinski definition) is 0. The van der Waals surface area contributed by atoms with Crippen molar-refractivity contribution in [3.63, 3.8) is 0 Å². The zero-order chi connectivity index (χ0) is 37.5. The van der Waals surface area contributed by atoms with E-state index < -0.39 is 0 Å². The molecule has 266 valence electrons. The number of fused-ring (bicyclic) bond motifs is 10. The third kappa shape index (κ3) is 4.94. The molecule has 57 heavy (non-hydrogen) atoms. The summed E-state index contributed by atoms with van der Waals surface area (Å²) in [7, 11) is 0. The second kappa shape index (κ2) is 12.3. The smallest absolute Gasteiger partial charge is 0.167 e. The highest BCUT2D eigenvalue weighted by Crippen LogP contribution is 2.43. The Kier molecular flexibility index (Phi) is 6.83. The van der Waals surface area contributed by atoms with Gasteiger partial charge in [0.15, 0.2) is 17.5 Å². The van der Waals surface area contributed by atoms with Gasteiger partial charge >= 0.3 is 0 Å². The lowest BCUT2D eigenvalue weighted by molar-refractivity contribution is 0.663. The molecule has 6 nitrogen and oxygen atoms in total. The van der Waals surface area contributed by atoms with Crippen LogP contribution >= 0.6 is 0 Å². The molecule has 0 aliphatic heterocycles. The molecule has 0 atom stereocenters. The first kappa shape index (κ1) is 31.5. The number of rotatable bonds is 5. The molecule has 0 unspecified atom stereocenters. The van der Waals surface area contributed by atoms with E-state index in [0.717, 1.165) is 82.8 Å². The second-order valence-corrected chi connectivity index (χ2v) is 14.4. The largest absolute Gasteiger partial charge is 0.456 e. The third-order valence-corrected chi connectivity index (χ3v) is 11.1. The van der Waals surface area contributed by atoms with Crippen molar-refractivity contribution in [1.29, 1.82) is 0 Å². The van der Waals surface area contributed by atoms with Crippen molar-refractivity contribution in [2.75, 3.05) is 0 Å². The Morgan fingerprint density at radius 1 is 0.351 bits per heavy atom. The van der Waals surface area contributed by atoms with Crippen LogP contribution in [0.25, 0.3) is 117 Å². The molecule has 8 aromatic carbocycles. The van der Waals surface area contributed by atoms with Gasteiger partial charge in [0.25, 0.3) is 0 Å². The van der Waals surface area contributed by atoms with E-state index in [1.54, 1.807) is 0 Å². The zero-order valence-electron chi connectivity index (χ0n) is 30.4. The molecule has 4 aromatic heterocycles. The summed E-state index contributed by atoms with van der Waals surface area (Å²) in [6.07, 6.45) is 0. The molecule has 0 bridgehead atoms. The average Bonchev–Trinajstić information content (AvgIpc) is 3.96. The molecular formula is C51H30N4O2. The third-order valence-electron chi connectivity index (χ3n) is 11.1. The molecule has 6 heteroatoms. The molecule has 0 radical (unpaired) electrons. The Morgan fingerprint density at radius 3 is 1.58 bits per heavy atom. The molecule has 0 amide bonds. The second-order valence-electron chi connectivity index (χ2n) is 14.4. The summed E-state index contributed by atoms with van der Waals surface area (Å²) < 4.78 is 15.7. The minimum absolute atomic E-state index is 0.541. The van der Waals surface area contributed by atoms with Gasteiger partial charge in [0.1, 0.15) is 22.3 Å². The van der Waals surface area contributed by atoms with Crippen LogP contribution in [-0.2, 0) is 0 Å². The molecule has 0 aliphatic rings. The number of furan rings is 2. The summed E-state index contributed by atoms with van der Waals surface area (Å²) in [5.74, 6) is 1.73. The molecule has 4 heterocycles. The fourth-order valence-electron chi connectivity index (χ4n) is 8.44. The Bertz CT molecular complexity index is 3460. The summed E-state index contributed by atoms with van der Waals surface area (Å²) in [5.41, 5.74) is 11.4. The van der Waals surface area contributed by atoms with E-state index >= 15 is 0 Å². The van der Waals surface area contributed by atoms with Crippen LogP contribution in [0, 0.1) is 0 Å². The normalized spacial score (nSPS) is 11.9. The topological polar surface area (TPSA) is 69.9 Å². The quantitative estimate of drug-likeness (QED) is 0.176. The lowest BCUT2D eigenvalue weighted by Gasteiger charge is -2.09. The minimum Gasteiger partial charge on any atom is -0.456 e. The Morgan fingerprint density at radius 2 is 0.877 bits per heavy atom. The molecule has 0 aliphatic carbocycles. The van der Waals surface area contributed by atoms with Crippen LogP contribution in [0.3, 0.4) is 0 Å². The molecule has 0 N–H and O–H groups in total. The molecule has 0 spiro atoms. The van der Waals surface area contributed by atoms with E-state index in [-0.39, 0.29) is 0 Å². The summed E-state index contributed by atoms with van der Waals surface area (Å²) >= 11 is 0. The number of hydrogen-bond acceptors (Lipinski definition) is 5. The van der Waals surface area contributed by atoms with Gasteiger partial charge in [-0.2, -0.15) is 0 Å². The van der Waals surface area contributed by atoms with E-state index in [1.165, 1.54) is 10.8 Å². The lowest BCUT2D eigenvalue weighted by atomic mass is 10.0. The predicted molar refractivity (Wildman–Crippen MR) is 230 cm³/mol. The number of para-hydroxylation sites is 3. The van der Waals surface area contributed by atoms with Crippen molar-refractivity contribution in [2.24, 2.45) is 0 Å². The van der Waals surface area contributed by atoms with Crippen molar-refractivity contribution in [1.82, 2.24) is 19.5 Å². The first-order valence-corrected chi connectivity index (χ1v) is 19.0. The number of benzene rings is 8. The van der Waals surface area contributed by atoms with Gasteiger partial charge in [-0.15, -0.1) is 0 Å². The van der Waals surface area contributed by atoms with Crippen LogP contribution in [0.1, 0.15) is 0 Å². The van der Waals surface area contributed by atoms with Gasteiger partial charge in [0, 0.05) is 55.2 Å². The molecule has 0 fully saturated rings. The molecule has 12 rings (SSSR count). The van der Waals surface area contributed by atoms with Gasteiger partial charge in [-0.25, -0.2) is 15.0 Å². The van der Waals surface area contributed by atoms with Crippen molar-refractivity contribution >= 4 is 65.7 Å². The van der Waals surface area contributed by atoms with E-state index in [9.17, 15) is 0 Å². The van der Waals surface area contributed by atoms with Gasteiger partial charge < -0.3 is 13.4 Å². The standard InChI is InChI=1S/C51H30N4O2/c1-3-12-31(13-4-1)32-22-24-34(25-23-32)50-52-49(33-14-5-2-6-15-33)53-51(54-50)40-19-11-18-39-47-44(57-48(39)40)29-28-43-46(47)38-27-26-35(30-45(38)56-43)55-41-20-9-7-16-36(41)37-17-8-10-21-42(37)55/h1-30H. The molecule has 0 saturated heterocycles. The fraction of sp³-hybridized carbons (Fsp3) is 0. The van der Waals surface area contributed by atoms with Gasteiger partial charge in [-0.3, -0.25) is 0 Å². The first-order valence-electron chi connectivity index (χ1n) is 19.0. The van der Waals surface area contributed by atoms with Crippen molar-refractivity contribution in [2.45, 2.75) is 0 Å². The number of nitrogens with zero attached hydrogens (tertiary/aromatic N) is 4. The van der Waals surface area contributed by atoms with Crippen LogP contribution < -0.4 is 0 Å². The fourth-order valence-corrected chi connectivity index (χ4v) is 8.44. The van der Waals surface area contributed by atoms with E-state index in [1.807, 2.05) is 54.6 Å². The van der Waals surface area contributed by atoms with Gasteiger partial charge in [0.05, 0.1) is 16.6 Å². The minimum atomic E-state index is 0.541. The lowest BCUT2D eigenvalue weighted by Crippen LogP contribution is -2.00. The monoisotopic (exact) mass is 730 g/mol. The molecular weight excluding hydrogens is 701 g/mol. The van der Waals surface area contributed by atoms with Crippen LogP contribution in [0.15, 0.2) is 191 Å². The van der Waals surface area contributed by atoms with E-state index in [2.05, 4.69) is 132 Å². The highest BCUT2D eigenvalue weighted by molar-refractivity contribution is 6.27. The maximum Gasteiger partial charge on any atom is 0.167 e. The highest BCUT2D eigenvalue weighted by atomic mass is 16.3. The van der Waals surface area contributed by atoms with Crippen molar-refractivity contribution < 1.29 is 8.83 Å². The summed E-state index contributed by atoms with van der Waals surface area (Å²) in [4.78, 5) is 15.1. The van der Waals surface area contributed by atoms with E-state index in [4.69, 9.17) is 23.8 Å². The zero-order valence-corrected chi connectivity index (χ0v) is 30.4.